The Balaban J connectivity index is 2.16. The summed E-state index contributed by atoms with van der Waals surface area (Å²) in [5.41, 5.74) is 0.671. The molecular formula is C15H11ClN2OS. The molecule has 0 aliphatic carbocycles. The predicted molar refractivity (Wildman–Crippen MR) is 82.7 cm³/mol. The lowest BCUT2D eigenvalue weighted by Gasteiger charge is -2.03. The van der Waals surface area contributed by atoms with E-state index in [1.54, 1.807) is 30.3 Å². The zero-order valence-corrected chi connectivity index (χ0v) is 12.3. The number of amides is 1. The van der Waals surface area contributed by atoms with Gasteiger partial charge in [-0.1, -0.05) is 11.6 Å². The Kier molecular flexibility index (Phi) is 4.57. The fraction of sp³-hybridized carbons (Fsp3) is 0.0667. The van der Waals surface area contributed by atoms with Gasteiger partial charge in [0.2, 0.25) is 0 Å². The number of halogens is 1. The molecule has 0 atom stereocenters. The van der Waals surface area contributed by atoms with Crippen LogP contribution in [0, 0.1) is 18.3 Å². The molecule has 0 fully saturated rings. The van der Waals surface area contributed by atoms with E-state index in [0.29, 0.717) is 10.7 Å². The molecule has 0 spiro atoms. The minimum Gasteiger partial charge on any atom is -0.321 e. The van der Waals surface area contributed by atoms with Crippen molar-refractivity contribution in [2.45, 2.75) is 6.92 Å². The number of nitrogens with zero attached hydrogens (tertiary/aromatic N) is 1. The van der Waals surface area contributed by atoms with E-state index in [1.807, 2.05) is 25.1 Å². The van der Waals surface area contributed by atoms with Gasteiger partial charge in [-0.05, 0) is 49.4 Å². The van der Waals surface area contributed by atoms with Crippen LogP contribution in [0.15, 0.2) is 42.0 Å². The van der Waals surface area contributed by atoms with Gasteiger partial charge in [-0.25, -0.2) is 0 Å². The first-order valence-electron chi connectivity index (χ1n) is 5.83. The minimum atomic E-state index is -0.430. The number of anilines is 1. The Bertz CT molecular complexity index is 695. The van der Waals surface area contributed by atoms with Crippen molar-refractivity contribution >= 4 is 40.6 Å². The number of hydrogen-bond donors (Lipinski definition) is 1. The van der Waals surface area contributed by atoms with E-state index >= 15 is 0 Å². The Hall–Kier alpha value is -2.09. The van der Waals surface area contributed by atoms with Gasteiger partial charge < -0.3 is 5.32 Å². The molecule has 1 N–H and O–H groups in total. The summed E-state index contributed by atoms with van der Waals surface area (Å²) < 4.78 is 0. The van der Waals surface area contributed by atoms with Gasteiger partial charge in [-0.15, -0.1) is 11.3 Å². The number of nitriles is 1. The average Bonchev–Trinajstić information content (AvgIpc) is 2.84. The Morgan fingerprint density at radius 3 is 2.55 bits per heavy atom. The monoisotopic (exact) mass is 302 g/mol. The van der Waals surface area contributed by atoms with Crippen LogP contribution in [0.1, 0.15) is 9.75 Å². The third-order valence-electron chi connectivity index (χ3n) is 2.51. The number of aryl methyl sites for hydroxylation is 1. The number of thiophene rings is 1. The second-order valence-electron chi connectivity index (χ2n) is 4.08. The normalized spacial score (nSPS) is 10.9. The predicted octanol–water partition coefficient (Wildman–Crippen LogP) is 4.26. The third-order valence-corrected chi connectivity index (χ3v) is 3.71. The maximum Gasteiger partial charge on any atom is 0.266 e. The number of carbonyl (C=O) groups is 1. The SMILES string of the molecule is Cc1ccc(/C=C(\C#N)C(=O)Nc2ccc(Cl)cc2)s1. The van der Waals surface area contributed by atoms with Gasteiger partial charge in [0.1, 0.15) is 11.6 Å². The molecule has 1 aromatic heterocycles. The summed E-state index contributed by atoms with van der Waals surface area (Å²) in [5.74, 6) is -0.430. The van der Waals surface area contributed by atoms with Crippen molar-refractivity contribution in [1.29, 1.82) is 5.26 Å². The lowest BCUT2D eigenvalue weighted by atomic mass is 10.2. The second-order valence-corrected chi connectivity index (χ2v) is 5.84. The number of carbonyl (C=O) groups excluding carboxylic acids is 1. The fourth-order valence-corrected chi connectivity index (χ4v) is 2.50. The molecule has 0 saturated heterocycles. The summed E-state index contributed by atoms with van der Waals surface area (Å²) in [6, 6.07) is 12.5. The van der Waals surface area contributed by atoms with Crippen LogP contribution < -0.4 is 5.32 Å². The van der Waals surface area contributed by atoms with Crippen LogP contribution in [0.5, 0.6) is 0 Å². The zero-order chi connectivity index (χ0) is 14.5. The number of hydrogen-bond acceptors (Lipinski definition) is 3. The molecule has 100 valence electrons. The highest BCUT2D eigenvalue weighted by molar-refractivity contribution is 7.12. The highest BCUT2D eigenvalue weighted by Gasteiger charge is 2.10. The highest BCUT2D eigenvalue weighted by atomic mass is 35.5. The van der Waals surface area contributed by atoms with E-state index < -0.39 is 5.91 Å². The number of benzene rings is 1. The van der Waals surface area contributed by atoms with Crippen molar-refractivity contribution in [3.8, 4) is 6.07 Å². The first-order chi connectivity index (χ1) is 9.58. The van der Waals surface area contributed by atoms with Crippen LogP contribution in [0.2, 0.25) is 5.02 Å². The summed E-state index contributed by atoms with van der Waals surface area (Å²) >= 11 is 7.30. The lowest BCUT2D eigenvalue weighted by molar-refractivity contribution is -0.112. The topological polar surface area (TPSA) is 52.9 Å². The summed E-state index contributed by atoms with van der Waals surface area (Å²) in [4.78, 5) is 14.0. The Labute approximate surface area is 126 Å². The first-order valence-corrected chi connectivity index (χ1v) is 7.03. The molecule has 3 nitrogen and oxygen atoms in total. The van der Waals surface area contributed by atoms with Gasteiger partial charge in [-0.3, -0.25) is 4.79 Å². The van der Waals surface area contributed by atoms with E-state index in [9.17, 15) is 4.79 Å². The maximum atomic E-state index is 12.0. The summed E-state index contributed by atoms with van der Waals surface area (Å²) in [6.07, 6.45) is 1.59. The van der Waals surface area contributed by atoms with Gasteiger partial charge in [-0.2, -0.15) is 5.26 Å². The van der Waals surface area contributed by atoms with E-state index in [4.69, 9.17) is 16.9 Å². The molecule has 1 amide bonds. The molecule has 20 heavy (non-hydrogen) atoms. The fourth-order valence-electron chi connectivity index (χ4n) is 1.55. The third kappa shape index (κ3) is 3.70. The molecule has 0 aliphatic heterocycles. The van der Waals surface area contributed by atoms with Crippen molar-refractivity contribution in [2.24, 2.45) is 0 Å². The summed E-state index contributed by atoms with van der Waals surface area (Å²) in [7, 11) is 0. The lowest BCUT2D eigenvalue weighted by Crippen LogP contribution is -2.13. The molecule has 0 aliphatic rings. The zero-order valence-electron chi connectivity index (χ0n) is 10.7. The molecule has 1 aromatic carbocycles. The van der Waals surface area contributed by atoms with Gasteiger partial charge >= 0.3 is 0 Å². The van der Waals surface area contributed by atoms with E-state index in [0.717, 1.165) is 9.75 Å². The van der Waals surface area contributed by atoms with Gasteiger partial charge in [0.15, 0.2) is 0 Å². The van der Waals surface area contributed by atoms with Crippen molar-refractivity contribution < 1.29 is 4.79 Å². The molecule has 0 unspecified atom stereocenters. The largest absolute Gasteiger partial charge is 0.321 e. The molecule has 0 saturated carbocycles. The number of nitrogens with one attached hydrogen (secondary N) is 1. The van der Waals surface area contributed by atoms with Crippen molar-refractivity contribution in [2.75, 3.05) is 5.32 Å². The molecule has 0 radical (unpaired) electrons. The molecular weight excluding hydrogens is 292 g/mol. The van der Waals surface area contributed by atoms with E-state index in [1.165, 1.54) is 11.3 Å². The number of rotatable bonds is 3. The molecule has 2 rings (SSSR count). The van der Waals surface area contributed by atoms with Gasteiger partial charge in [0.05, 0.1) is 0 Å². The molecule has 5 heteroatoms. The average molecular weight is 303 g/mol. The van der Waals surface area contributed by atoms with Crippen molar-refractivity contribution in [3.05, 3.63) is 56.7 Å². The standard InChI is InChI=1S/C15H11ClN2OS/c1-10-2-7-14(20-10)8-11(9-17)15(19)18-13-5-3-12(16)4-6-13/h2-8H,1H3,(H,18,19)/b11-8+. The highest BCUT2D eigenvalue weighted by Crippen LogP contribution is 2.19. The molecule has 2 aromatic rings. The minimum absolute atomic E-state index is 0.0711. The molecule has 1 heterocycles. The second kappa shape index (κ2) is 6.38. The summed E-state index contributed by atoms with van der Waals surface area (Å²) in [5, 5.41) is 12.3. The summed E-state index contributed by atoms with van der Waals surface area (Å²) in [6.45, 7) is 1.97. The van der Waals surface area contributed by atoms with Gasteiger partial charge in [0.25, 0.3) is 5.91 Å². The smallest absolute Gasteiger partial charge is 0.266 e. The van der Waals surface area contributed by atoms with Crippen molar-refractivity contribution in [3.63, 3.8) is 0 Å². The van der Waals surface area contributed by atoms with Crippen LogP contribution in [-0.4, -0.2) is 5.91 Å². The Morgan fingerprint density at radius 2 is 2.00 bits per heavy atom. The van der Waals surface area contributed by atoms with E-state index in [2.05, 4.69) is 5.32 Å². The van der Waals surface area contributed by atoms with Crippen LogP contribution in [0.25, 0.3) is 6.08 Å². The maximum absolute atomic E-state index is 12.0. The van der Waals surface area contributed by atoms with Crippen LogP contribution in [0.4, 0.5) is 5.69 Å². The Morgan fingerprint density at radius 1 is 1.30 bits per heavy atom. The van der Waals surface area contributed by atoms with E-state index in [-0.39, 0.29) is 5.57 Å². The molecule has 0 bridgehead atoms. The van der Waals surface area contributed by atoms with Gasteiger partial charge in [0, 0.05) is 20.5 Å². The van der Waals surface area contributed by atoms with Crippen LogP contribution >= 0.6 is 22.9 Å². The van der Waals surface area contributed by atoms with Crippen LogP contribution in [0.3, 0.4) is 0 Å². The van der Waals surface area contributed by atoms with Crippen molar-refractivity contribution in [1.82, 2.24) is 0 Å². The quantitative estimate of drug-likeness (QED) is 0.680. The van der Waals surface area contributed by atoms with Crippen LogP contribution in [-0.2, 0) is 4.79 Å². The first kappa shape index (κ1) is 14.3.